The van der Waals surface area contributed by atoms with Gasteiger partial charge in [-0.05, 0) is 44.9 Å². The van der Waals surface area contributed by atoms with E-state index in [1.165, 1.54) is 25.7 Å². The van der Waals surface area contributed by atoms with Crippen LogP contribution in [0.5, 0.6) is 0 Å². The molecule has 0 unspecified atom stereocenters. The van der Waals surface area contributed by atoms with Crippen LogP contribution < -0.4 is 5.32 Å². The highest BCUT2D eigenvalue weighted by Gasteiger charge is 1.97. The van der Waals surface area contributed by atoms with Gasteiger partial charge in [-0.25, -0.2) is 0 Å². The maximum atomic E-state index is 11.3. The smallest absolute Gasteiger partial charge is 0.220 e. The van der Waals surface area contributed by atoms with E-state index in [0.29, 0.717) is 13.0 Å². The van der Waals surface area contributed by atoms with Crippen molar-refractivity contribution in [1.82, 2.24) is 5.32 Å². The molecule has 0 radical (unpaired) electrons. The summed E-state index contributed by atoms with van der Waals surface area (Å²) in [5, 5.41) is 11.2. The Kier molecular flexibility index (Phi) is 19.1. The molecule has 0 aromatic carbocycles. The zero-order valence-electron chi connectivity index (χ0n) is 16.0. The molecule has 25 heavy (non-hydrogen) atoms. The maximum Gasteiger partial charge on any atom is 0.220 e. The van der Waals surface area contributed by atoms with Crippen molar-refractivity contribution in [3.63, 3.8) is 0 Å². The minimum atomic E-state index is 0.00289. The van der Waals surface area contributed by atoms with Crippen molar-refractivity contribution in [1.29, 1.82) is 0 Å². The van der Waals surface area contributed by atoms with Crippen LogP contribution in [0.2, 0.25) is 0 Å². The predicted molar refractivity (Wildman–Crippen MR) is 108 cm³/mol. The van der Waals surface area contributed by atoms with Gasteiger partial charge in [-0.2, -0.15) is 0 Å². The molecule has 1 amide bonds. The Balaban J connectivity index is 3.44. The van der Waals surface area contributed by atoms with Gasteiger partial charge in [0.25, 0.3) is 0 Å². The van der Waals surface area contributed by atoms with Gasteiger partial charge in [0.2, 0.25) is 5.91 Å². The maximum absolute atomic E-state index is 11.3. The van der Waals surface area contributed by atoms with E-state index in [1.54, 1.807) is 0 Å². The average molecular weight is 348 g/mol. The van der Waals surface area contributed by atoms with Gasteiger partial charge in [-0.15, -0.1) is 0 Å². The molecule has 0 rings (SSSR count). The van der Waals surface area contributed by atoms with Gasteiger partial charge in [0.15, 0.2) is 0 Å². The number of amides is 1. The molecular weight excluding hydrogens is 310 g/mol. The fourth-order valence-electron chi connectivity index (χ4n) is 2.23. The first-order chi connectivity index (χ1) is 12.3. The predicted octanol–water partition coefficient (Wildman–Crippen LogP) is 5.24. The fraction of sp³-hybridized carbons (Fsp3) is 0.591. The third-order valence-corrected chi connectivity index (χ3v) is 3.67. The van der Waals surface area contributed by atoms with Crippen molar-refractivity contribution in [3.8, 4) is 0 Å². The molecule has 0 bridgehead atoms. The van der Waals surface area contributed by atoms with Crippen LogP contribution in [0.15, 0.2) is 48.6 Å². The lowest BCUT2D eigenvalue weighted by Crippen LogP contribution is -2.25. The summed E-state index contributed by atoms with van der Waals surface area (Å²) >= 11 is 0. The second-order valence-electron chi connectivity index (χ2n) is 6.05. The highest BCUT2D eigenvalue weighted by Crippen LogP contribution is 2.01. The quantitative estimate of drug-likeness (QED) is 0.296. The van der Waals surface area contributed by atoms with Gasteiger partial charge >= 0.3 is 0 Å². The topological polar surface area (TPSA) is 49.3 Å². The second-order valence-corrected chi connectivity index (χ2v) is 6.05. The minimum Gasteiger partial charge on any atom is -0.395 e. The summed E-state index contributed by atoms with van der Waals surface area (Å²) < 4.78 is 0. The third-order valence-electron chi connectivity index (χ3n) is 3.67. The van der Waals surface area contributed by atoms with E-state index in [9.17, 15) is 4.79 Å². The molecule has 0 aliphatic carbocycles. The van der Waals surface area contributed by atoms with Gasteiger partial charge in [0.05, 0.1) is 6.61 Å². The summed E-state index contributed by atoms with van der Waals surface area (Å²) in [4.78, 5) is 11.3. The summed E-state index contributed by atoms with van der Waals surface area (Å²) in [6.45, 7) is 2.59. The van der Waals surface area contributed by atoms with Crippen LogP contribution in [0.3, 0.4) is 0 Å². The average Bonchev–Trinajstić information content (AvgIpc) is 2.62. The van der Waals surface area contributed by atoms with Crippen molar-refractivity contribution in [2.75, 3.05) is 13.2 Å². The normalized spacial score (nSPS) is 12.2. The highest BCUT2D eigenvalue weighted by molar-refractivity contribution is 5.75. The lowest BCUT2D eigenvalue weighted by atomic mass is 10.2. The van der Waals surface area contributed by atoms with E-state index in [1.807, 2.05) is 0 Å². The Hall–Kier alpha value is -1.61. The lowest BCUT2D eigenvalue weighted by molar-refractivity contribution is -0.121. The van der Waals surface area contributed by atoms with Crippen molar-refractivity contribution in [3.05, 3.63) is 48.6 Å². The number of aliphatic hydroxyl groups is 1. The van der Waals surface area contributed by atoms with Crippen molar-refractivity contribution in [2.24, 2.45) is 0 Å². The van der Waals surface area contributed by atoms with Crippen molar-refractivity contribution in [2.45, 2.75) is 71.1 Å². The molecule has 3 nitrogen and oxygen atoms in total. The molecule has 0 aliphatic rings. The second kappa shape index (κ2) is 20.4. The van der Waals surface area contributed by atoms with Crippen LogP contribution in [-0.2, 0) is 4.79 Å². The number of hydrogen-bond donors (Lipinski definition) is 2. The first-order valence-corrected chi connectivity index (χ1v) is 9.78. The standard InChI is InChI=1S/C22H37NO2/c1-2-3-4-5-6-7-8-9-10-11-12-13-14-15-16-17-18-19-22(25)23-20-21-24/h6-7,9-10,12-13,15-16,24H,2-5,8,11,14,17-21H2,1H3,(H,23,25)/b7-6-,10-9-,13-12-,16-15+. The number of rotatable bonds is 16. The van der Waals surface area contributed by atoms with E-state index in [0.717, 1.165) is 32.1 Å². The van der Waals surface area contributed by atoms with Crippen LogP contribution in [0.1, 0.15) is 71.1 Å². The number of unbranched alkanes of at least 4 members (excludes halogenated alkanes) is 4. The summed E-state index contributed by atoms with van der Waals surface area (Å²) in [7, 11) is 0. The van der Waals surface area contributed by atoms with Crippen LogP contribution in [0.4, 0.5) is 0 Å². The monoisotopic (exact) mass is 347 g/mol. The van der Waals surface area contributed by atoms with E-state index in [4.69, 9.17) is 5.11 Å². The Bertz CT molecular complexity index is 408. The zero-order valence-corrected chi connectivity index (χ0v) is 16.0. The highest BCUT2D eigenvalue weighted by atomic mass is 16.3. The first kappa shape index (κ1) is 23.4. The first-order valence-electron chi connectivity index (χ1n) is 9.78. The summed E-state index contributed by atoms with van der Waals surface area (Å²) in [6, 6.07) is 0. The van der Waals surface area contributed by atoms with Gasteiger partial charge in [-0.1, -0.05) is 68.4 Å². The van der Waals surface area contributed by atoms with E-state index in [-0.39, 0.29) is 12.5 Å². The molecule has 0 aromatic rings. The Morgan fingerprint density at radius 2 is 1.32 bits per heavy atom. The van der Waals surface area contributed by atoms with Gasteiger partial charge in [0.1, 0.15) is 0 Å². The lowest BCUT2D eigenvalue weighted by Gasteiger charge is -2.00. The number of aliphatic hydroxyl groups excluding tert-OH is 1. The molecule has 0 saturated carbocycles. The molecule has 0 heterocycles. The molecular formula is C22H37NO2. The number of hydrogen-bond acceptors (Lipinski definition) is 2. The number of nitrogens with one attached hydrogen (secondary N) is 1. The van der Waals surface area contributed by atoms with Crippen LogP contribution in [0.25, 0.3) is 0 Å². The Morgan fingerprint density at radius 1 is 0.800 bits per heavy atom. The SMILES string of the molecule is CCCCC/C=C\C/C=C\C/C=C\C/C=C/CCCC(=O)NCCO. The van der Waals surface area contributed by atoms with E-state index < -0.39 is 0 Å². The molecule has 0 aromatic heterocycles. The van der Waals surface area contributed by atoms with Crippen LogP contribution in [0, 0.1) is 0 Å². The Labute approximate surface area is 154 Å². The minimum absolute atomic E-state index is 0.00289. The number of carbonyl (C=O) groups is 1. The van der Waals surface area contributed by atoms with Crippen LogP contribution in [-0.4, -0.2) is 24.2 Å². The fourth-order valence-corrected chi connectivity index (χ4v) is 2.23. The van der Waals surface area contributed by atoms with E-state index >= 15 is 0 Å². The molecule has 0 atom stereocenters. The van der Waals surface area contributed by atoms with Crippen LogP contribution >= 0.6 is 0 Å². The molecule has 0 saturated heterocycles. The van der Waals surface area contributed by atoms with Gasteiger partial charge in [-0.3, -0.25) is 4.79 Å². The molecule has 3 heteroatoms. The Morgan fingerprint density at radius 3 is 1.84 bits per heavy atom. The van der Waals surface area contributed by atoms with Crippen molar-refractivity contribution >= 4 is 5.91 Å². The van der Waals surface area contributed by atoms with Gasteiger partial charge in [0, 0.05) is 13.0 Å². The third kappa shape index (κ3) is 20.3. The van der Waals surface area contributed by atoms with Gasteiger partial charge < -0.3 is 10.4 Å². The largest absolute Gasteiger partial charge is 0.395 e. The molecule has 0 fully saturated rings. The molecule has 142 valence electrons. The summed E-state index contributed by atoms with van der Waals surface area (Å²) in [5.41, 5.74) is 0. The number of carbonyl (C=O) groups excluding carboxylic acids is 1. The summed E-state index contributed by atoms with van der Waals surface area (Å²) in [5.74, 6) is 0.0185. The molecule has 2 N–H and O–H groups in total. The molecule has 0 spiro atoms. The van der Waals surface area contributed by atoms with Crippen molar-refractivity contribution < 1.29 is 9.90 Å². The van der Waals surface area contributed by atoms with E-state index in [2.05, 4.69) is 60.8 Å². The number of allylic oxidation sites excluding steroid dienone is 8. The molecule has 0 aliphatic heterocycles. The zero-order chi connectivity index (χ0) is 18.4. The summed E-state index contributed by atoms with van der Waals surface area (Å²) in [6.07, 6.45) is 28.0.